The zero-order chi connectivity index (χ0) is 11.2. The van der Waals surface area contributed by atoms with Crippen molar-refractivity contribution in [1.82, 2.24) is 10.2 Å². The third-order valence-electron chi connectivity index (χ3n) is 4.09. The molecule has 2 nitrogen and oxygen atoms in total. The van der Waals surface area contributed by atoms with Gasteiger partial charge in [-0.05, 0) is 64.1 Å². The highest BCUT2D eigenvalue weighted by Crippen LogP contribution is 2.20. The van der Waals surface area contributed by atoms with Crippen LogP contribution in [0.3, 0.4) is 0 Å². The molecular formula is C14H28N2. The predicted molar refractivity (Wildman–Crippen MR) is 69.7 cm³/mol. The first-order valence-corrected chi connectivity index (χ1v) is 7.34. The summed E-state index contributed by atoms with van der Waals surface area (Å²) in [6, 6.07) is 0.888. The molecule has 1 aliphatic heterocycles. The third kappa shape index (κ3) is 4.42. The molecule has 1 heterocycles. The van der Waals surface area contributed by atoms with E-state index in [0.717, 1.165) is 12.0 Å². The first kappa shape index (κ1) is 12.4. The van der Waals surface area contributed by atoms with Crippen LogP contribution in [0, 0.1) is 5.92 Å². The van der Waals surface area contributed by atoms with Crippen LogP contribution < -0.4 is 5.32 Å². The van der Waals surface area contributed by atoms with Crippen molar-refractivity contribution in [2.75, 3.05) is 26.2 Å². The first-order chi connectivity index (χ1) is 7.88. The van der Waals surface area contributed by atoms with Crippen molar-refractivity contribution in [3.05, 3.63) is 0 Å². The summed E-state index contributed by atoms with van der Waals surface area (Å²) in [5.74, 6) is 0.985. The molecule has 0 bridgehead atoms. The topological polar surface area (TPSA) is 15.3 Å². The second-order valence-electron chi connectivity index (χ2n) is 5.65. The average molecular weight is 224 g/mol. The van der Waals surface area contributed by atoms with Gasteiger partial charge < -0.3 is 10.2 Å². The molecule has 1 aliphatic carbocycles. The van der Waals surface area contributed by atoms with Crippen LogP contribution in [0.25, 0.3) is 0 Å². The van der Waals surface area contributed by atoms with E-state index in [1.54, 1.807) is 0 Å². The molecule has 2 heteroatoms. The van der Waals surface area contributed by atoms with Crippen molar-refractivity contribution in [3.63, 3.8) is 0 Å². The van der Waals surface area contributed by atoms with E-state index < -0.39 is 0 Å². The molecule has 1 saturated heterocycles. The minimum absolute atomic E-state index is 0.888. The van der Waals surface area contributed by atoms with Crippen molar-refractivity contribution in [2.45, 2.75) is 57.9 Å². The fourth-order valence-electron chi connectivity index (χ4n) is 2.74. The molecule has 0 amide bonds. The van der Waals surface area contributed by atoms with E-state index in [1.807, 2.05) is 0 Å². The lowest BCUT2D eigenvalue weighted by Gasteiger charge is -2.32. The minimum atomic E-state index is 0.888. The Bertz CT molecular complexity index is 189. The molecule has 2 fully saturated rings. The van der Waals surface area contributed by atoms with Gasteiger partial charge >= 0.3 is 0 Å². The summed E-state index contributed by atoms with van der Waals surface area (Å²) in [5, 5.41) is 3.60. The second-order valence-corrected chi connectivity index (χ2v) is 5.65. The fourth-order valence-corrected chi connectivity index (χ4v) is 2.74. The molecule has 0 spiro atoms. The Morgan fingerprint density at radius 1 is 1.19 bits per heavy atom. The van der Waals surface area contributed by atoms with Gasteiger partial charge in [0, 0.05) is 12.6 Å². The standard InChI is InChI=1S/C14H28N2/c1-2-13-6-5-11-16(12-13)10-4-3-9-15-14-7-8-14/h13-15H,2-12H2,1H3. The minimum Gasteiger partial charge on any atom is -0.314 e. The van der Waals surface area contributed by atoms with Gasteiger partial charge in [-0.25, -0.2) is 0 Å². The summed E-state index contributed by atoms with van der Waals surface area (Å²) in [6.07, 6.45) is 9.86. The number of unbranched alkanes of at least 4 members (excludes halogenated alkanes) is 1. The lowest BCUT2D eigenvalue weighted by atomic mass is 9.95. The SMILES string of the molecule is CCC1CCCN(CCCCNC2CC2)C1. The monoisotopic (exact) mass is 224 g/mol. The van der Waals surface area contributed by atoms with E-state index in [9.17, 15) is 0 Å². The third-order valence-corrected chi connectivity index (χ3v) is 4.09. The molecule has 0 radical (unpaired) electrons. The predicted octanol–water partition coefficient (Wildman–Crippen LogP) is 2.64. The first-order valence-electron chi connectivity index (χ1n) is 7.34. The molecule has 1 atom stereocenters. The molecule has 0 aromatic carbocycles. The van der Waals surface area contributed by atoms with Crippen molar-refractivity contribution < 1.29 is 0 Å². The van der Waals surface area contributed by atoms with Gasteiger partial charge in [-0.1, -0.05) is 13.3 Å². The van der Waals surface area contributed by atoms with Crippen molar-refractivity contribution in [1.29, 1.82) is 0 Å². The number of nitrogens with zero attached hydrogens (tertiary/aromatic N) is 1. The molecular weight excluding hydrogens is 196 g/mol. The average Bonchev–Trinajstić information content (AvgIpc) is 3.13. The zero-order valence-electron chi connectivity index (χ0n) is 10.9. The van der Waals surface area contributed by atoms with Crippen molar-refractivity contribution in [3.8, 4) is 0 Å². The molecule has 0 aromatic heterocycles. The van der Waals surface area contributed by atoms with Gasteiger partial charge in [-0.2, -0.15) is 0 Å². The van der Waals surface area contributed by atoms with Crippen LogP contribution >= 0.6 is 0 Å². The van der Waals surface area contributed by atoms with Crippen LogP contribution in [0.4, 0.5) is 0 Å². The summed E-state index contributed by atoms with van der Waals surface area (Å²) in [6.45, 7) is 7.64. The highest BCUT2D eigenvalue weighted by Gasteiger charge is 2.20. The largest absolute Gasteiger partial charge is 0.314 e. The van der Waals surface area contributed by atoms with Crippen LogP contribution in [0.5, 0.6) is 0 Å². The number of hydrogen-bond donors (Lipinski definition) is 1. The molecule has 1 unspecified atom stereocenters. The Hall–Kier alpha value is -0.0800. The number of piperidine rings is 1. The fraction of sp³-hybridized carbons (Fsp3) is 1.00. The Balaban J connectivity index is 1.47. The summed E-state index contributed by atoms with van der Waals surface area (Å²) in [7, 11) is 0. The van der Waals surface area contributed by atoms with Crippen molar-refractivity contribution in [2.24, 2.45) is 5.92 Å². The second kappa shape index (κ2) is 6.61. The van der Waals surface area contributed by atoms with Gasteiger partial charge in [0.05, 0.1) is 0 Å². The smallest absolute Gasteiger partial charge is 0.00682 e. The van der Waals surface area contributed by atoms with E-state index in [4.69, 9.17) is 0 Å². The molecule has 2 aliphatic rings. The number of hydrogen-bond acceptors (Lipinski definition) is 2. The Morgan fingerprint density at radius 2 is 2.06 bits per heavy atom. The molecule has 1 N–H and O–H groups in total. The van der Waals surface area contributed by atoms with Crippen LogP contribution in [0.15, 0.2) is 0 Å². The van der Waals surface area contributed by atoms with Gasteiger partial charge in [-0.15, -0.1) is 0 Å². The van der Waals surface area contributed by atoms with Gasteiger partial charge in [0.15, 0.2) is 0 Å². The highest BCUT2D eigenvalue weighted by atomic mass is 15.1. The van der Waals surface area contributed by atoms with E-state index in [-0.39, 0.29) is 0 Å². The maximum Gasteiger partial charge on any atom is 0.00682 e. The summed E-state index contributed by atoms with van der Waals surface area (Å²) in [4.78, 5) is 2.69. The van der Waals surface area contributed by atoms with Gasteiger partial charge in [0.25, 0.3) is 0 Å². The summed E-state index contributed by atoms with van der Waals surface area (Å²) < 4.78 is 0. The quantitative estimate of drug-likeness (QED) is 0.669. The van der Waals surface area contributed by atoms with Crippen molar-refractivity contribution >= 4 is 0 Å². The maximum absolute atomic E-state index is 3.60. The molecule has 1 saturated carbocycles. The maximum atomic E-state index is 3.60. The molecule has 2 rings (SSSR count). The molecule has 0 aromatic rings. The van der Waals surface area contributed by atoms with E-state index in [1.165, 1.54) is 71.1 Å². The van der Waals surface area contributed by atoms with E-state index in [0.29, 0.717) is 0 Å². The van der Waals surface area contributed by atoms with Gasteiger partial charge in [0.1, 0.15) is 0 Å². The van der Waals surface area contributed by atoms with Crippen LogP contribution in [0.2, 0.25) is 0 Å². The van der Waals surface area contributed by atoms with Crippen LogP contribution in [0.1, 0.15) is 51.9 Å². The van der Waals surface area contributed by atoms with Gasteiger partial charge in [-0.3, -0.25) is 0 Å². The Kier molecular flexibility index (Phi) is 5.11. The molecule has 94 valence electrons. The van der Waals surface area contributed by atoms with Crippen LogP contribution in [-0.4, -0.2) is 37.1 Å². The van der Waals surface area contributed by atoms with E-state index >= 15 is 0 Å². The zero-order valence-corrected chi connectivity index (χ0v) is 10.9. The number of likely N-dealkylation sites (tertiary alicyclic amines) is 1. The summed E-state index contributed by atoms with van der Waals surface area (Å²) in [5.41, 5.74) is 0. The Labute approximate surface area is 101 Å². The lowest BCUT2D eigenvalue weighted by molar-refractivity contribution is 0.169. The van der Waals surface area contributed by atoms with E-state index in [2.05, 4.69) is 17.1 Å². The number of nitrogens with one attached hydrogen (secondary N) is 1. The van der Waals surface area contributed by atoms with Crippen LogP contribution in [-0.2, 0) is 0 Å². The normalized spacial score (nSPS) is 27.2. The Morgan fingerprint density at radius 3 is 2.81 bits per heavy atom. The summed E-state index contributed by atoms with van der Waals surface area (Å²) >= 11 is 0. The van der Waals surface area contributed by atoms with Gasteiger partial charge in [0.2, 0.25) is 0 Å². The molecule has 16 heavy (non-hydrogen) atoms. The highest BCUT2D eigenvalue weighted by molar-refractivity contribution is 4.80. The lowest BCUT2D eigenvalue weighted by Crippen LogP contribution is -2.36. The number of rotatable bonds is 7.